The second-order valence-electron chi connectivity index (χ2n) is 5.40. The molecule has 1 fully saturated rings. The van der Waals surface area contributed by atoms with Gasteiger partial charge in [-0.2, -0.15) is 0 Å². The van der Waals surface area contributed by atoms with E-state index in [1.807, 2.05) is 4.90 Å². The van der Waals surface area contributed by atoms with Crippen LogP contribution in [-0.4, -0.2) is 59.6 Å². The van der Waals surface area contributed by atoms with Crippen LogP contribution < -0.4 is 10.9 Å². The van der Waals surface area contributed by atoms with Gasteiger partial charge in [0.05, 0.1) is 12.2 Å². The maximum absolute atomic E-state index is 13.0. The zero-order valence-corrected chi connectivity index (χ0v) is 12.5. The number of nitrogens with zero attached hydrogens (tertiary/aromatic N) is 3. The number of carboxylic acid groups (broad SMARTS) is 1. The Bertz CT molecular complexity index is 636. The molecule has 23 heavy (non-hydrogen) atoms. The van der Waals surface area contributed by atoms with E-state index in [9.17, 15) is 9.18 Å². The number of rotatable bonds is 3. The summed E-state index contributed by atoms with van der Waals surface area (Å²) in [4.78, 5) is 19.3. The van der Waals surface area contributed by atoms with Crippen LogP contribution in [0.1, 0.15) is 5.56 Å². The summed E-state index contributed by atoms with van der Waals surface area (Å²) in [6.45, 7) is 2.78. The minimum atomic E-state index is -0.810. The molecule has 3 N–H and O–H groups in total. The van der Waals surface area contributed by atoms with E-state index >= 15 is 0 Å². The molecule has 0 aromatic heterocycles. The Morgan fingerprint density at radius 2 is 1.91 bits per heavy atom. The summed E-state index contributed by atoms with van der Waals surface area (Å²) >= 11 is 0. The number of hydrazine groups is 1. The minimum absolute atomic E-state index is 0.0622. The van der Waals surface area contributed by atoms with Gasteiger partial charge in [-0.05, 0) is 24.3 Å². The van der Waals surface area contributed by atoms with Crippen molar-refractivity contribution < 1.29 is 14.3 Å². The predicted molar refractivity (Wildman–Crippen MR) is 83.7 cm³/mol. The van der Waals surface area contributed by atoms with Crippen LogP contribution >= 0.6 is 0 Å². The van der Waals surface area contributed by atoms with Gasteiger partial charge in [0, 0.05) is 37.9 Å². The summed E-state index contributed by atoms with van der Waals surface area (Å²) in [6.07, 6.45) is 1.72. The van der Waals surface area contributed by atoms with E-state index in [0.717, 1.165) is 5.56 Å². The van der Waals surface area contributed by atoms with Crippen molar-refractivity contribution in [2.75, 3.05) is 32.7 Å². The van der Waals surface area contributed by atoms with Crippen LogP contribution in [0.25, 0.3) is 5.70 Å². The number of hydrogen-bond acceptors (Lipinski definition) is 6. The highest BCUT2D eigenvalue weighted by Gasteiger charge is 2.22. The molecule has 2 heterocycles. The number of nitrogens with one attached hydrogen (secondary N) is 2. The molecule has 0 amide bonds. The largest absolute Gasteiger partial charge is 0.480 e. The molecule has 2 aliphatic rings. The zero-order chi connectivity index (χ0) is 16.2. The van der Waals surface area contributed by atoms with Crippen molar-refractivity contribution in [2.24, 2.45) is 4.99 Å². The molecule has 2 aliphatic heterocycles. The molecule has 7 nitrogen and oxygen atoms in total. The third-order valence-electron chi connectivity index (χ3n) is 3.79. The van der Waals surface area contributed by atoms with Gasteiger partial charge in [0.2, 0.25) is 5.96 Å². The number of benzene rings is 1. The van der Waals surface area contributed by atoms with Crippen LogP contribution in [0, 0.1) is 5.82 Å². The first-order chi connectivity index (χ1) is 11.1. The summed E-state index contributed by atoms with van der Waals surface area (Å²) in [7, 11) is 0. The fourth-order valence-electron chi connectivity index (χ4n) is 2.57. The first-order valence-corrected chi connectivity index (χ1v) is 7.37. The summed E-state index contributed by atoms with van der Waals surface area (Å²) in [5.41, 5.74) is 7.49. The molecule has 1 aromatic carbocycles. The molecule has 1 aromatic rings. The number of piperazine rings is 1. The topological polar surface area (TPSA) is 80.2 Å². The second kappa shape index (κ2) is 6.66. The predicted octanol–water partition coefficient (Wildman–Crippen LogP) is 0.290. The maximum Gasteiger partial charge on any atom is 0.317 e. The maximum atomic E-state index is 13.0. The van der Waals surface area contributed by atoms with Crippen LogP contribution in [0.15, 0.2) is 35.5 Å². The van der Waals surface area contributed by atoms with E-state index < -0.39 is 5.97 Å². The van der Waals surface area contributed by atoms with E-state index in [4.69, 9.17) is 5.11 Å². The lowest BCUT2D eigenvalue weighted by molar-refractivity contribution is -0.138. The zero-order valence-electron chi connectivity index (χ0n) is 12.5. The molecule has 0 unspecified atom stereocenters. The minimum Gasteiger partial charge on any atom is -0.480 e. The molecule has 122 valence electrons. The number of guanidine groups is 1. The van der Waals surface area contributed by atoms with Crippen molar-refractivity contribution in [1.29, 1.82) is 0 Å². The number of halogens is 1. The van der Waals surface area contributed by atoms with Gasteiger partial charge < -0.3 is 15.4 Å². The Labute approximate surface area is 133 Å². The van der Waals surface area contributed by atoms with Crippen LogP contribution in [0.2, 0.25) is 0 Å². The smallest absolute Gasteiger partial charge is 0.317 e. The molecule has 1 saturated heterocycles. The van der Waals surface area contributed by atoms with Crippen molar-refractivity contribution in [2.45, 2.75) is 0 Å². The fraction of sp³-hybridized carbons (Fsp3) is 0.333. The highest BCUT2D eigenvalue weighted by atomic mass is 19.1. The molecular weight excluding hydrogens is 301 g/mol. The van der Waals surface area contributed by atoms with Gasteiger partial charge >= 0.3 is 5.97 Å². The van der Waals surface area contributed by atoms with Crippen LogP contribution in [0.3, 0.4) is 0 Å². The lowest BCUT2D eigenvalue weighted by Crippen LogP contribution is -2.55. The third kappa shape index (κ3) is 3.78. The second-order valence-corrected chi connectivity index (χ2v) is 5.40. The first-order valence-electron chi connectivity index (χ1n) is 7.37. The summed E-state index contributed by atoms with van der Waals surface area (Å²) in [5, 5.41) is 8.83. The Morgan fingerprint density at radius 1 is 1.22 bits per heavy atom. The Hall–Kier alpha value is -2.61. The number of carboxylic acids is 1. The summed E-state index contributed by atoms with van der Waals surface area (Å²) < 4.78 is 13.0. The molecule has 3 rings (SSSR count). The highest BCUT2D eigenvalue weighted by Crippen LogP contribution is 2.18. The van der Waals surface area contributed by atoms with E-state index in [2.05, 4.69) is 20.7 Å². The average molecular weight is 319 g/mol. The molecule has 0 spiro atoms. The molecule has 8 heteroatoms. The van der Waals surface area contributed by atoms with Crippen molar-refractivity contribution in [3.8, 4) is 0 Å². The average Bonchev–Trinajstić information content (AvgIpc) is 2.56. The summed E-state index contributed by atoms with van der Waals surface area (Å²) in [6, 6.07) is 6.16. The van der Waals surface area contributed by atoms with E-state index in [1.165, 1.54) is 12.1 Å². The van der Waals surface area contributed by atoms with Gasteiger partial charge in [0.1, 0.15) is 5.82 Å². The van der Waals surface area contributed by atoms with E-state index in [1.54, 1.807) is 18.3 Å². The molecule has 0 aliphatic carbocycles. The third-order valence-corrected chi connectivity index (χ3v) is 3.79. The molecule has 0 saturated carbocycles. The normalized spacial score (nSPS) is 18.6. The number of aliphatic carboxylic acids is 1. The van der Waals surface area contributed by atoms with E-state index in [0.29, 0.717) is 37.8 Å². The number of aliphatic imine (C=N–C) groups is 1. The number of hydrogen-bond donors (Lipinski definition) is 3. The Balaban J connectivity index is 1.66. The van der Waals surface area contributed by atoms with Gasteiger partial charge in [0.15, 0.2) is 0 Å². The molecule has 0 bridgehead atoms. The van der Waals surface area contributed by atoms with E-state index in [-0.39, 0.29) is 12.4 Å². The van der Waals surface area contributed by atoms with Gasteiger partial charge in [-0.15, -0.1) is 0 Å². The van der Waals surface area contributed by atoms with Gasteiger partial charge in [-0.1, -0.05) is 0 Å². The highest BCUT2D eigenvalue weighted by molar-refractivity contribution is 5.87. The lowest BCUT2D eigenvalue weighted by Gasteiger charge is -2.36. The Kier molecular flexibility index (Phi) is 4.42. The Morgan fingerprint density at radius 3 is 2.57 bits per heavy atom. The fourth-order valence-corrected chi connectivity index (χ4v) is 2.57. The SMILES string of the molecule is O=C(O)CN1CCN(C2=NC(c3ccc(F)cc3)=CNN2)CC1. The lowest BCUT2D eigenvalue weighted by atomic mass is 10.1. The monoisotopic (exact) mass is 319 g/mol. The standard InChI is InChI=1S/C15H18FN5O2/c16-12-3-1-11(2-4-12)13-9-17-19-15(18-13)21-7-5-20(6-8-21)10-14(22)23/h1-4,9,17H,5-8,10H2,(H,18,19)(H,22,23). The summed E-state index contributed by atoms with van der Waals surface area (Å²) in [5.74, 6) is -0.411. The van der Waals surface area contributed by atoms with Gasteiger partial charge in [-0.3, -0.25) is 15.1 Å². The molecule has 0 atom stereocenters. The first kappa shape index (κ1) is 15.3. The van der Waals surface area contributed by atoms with Gasteiger partial charge in [0.25, 0.3) is 0 Å². The molecular formula is C15H18FN5O2. The number of carbonyl (C=O) groups is 1. The van der Waals surface area contributed by atoms with Crippen molar-refractivity contribution >= 4 is 17.6 Å². The molecule has 0 radical (unpaired) electrons. The van der Waals surface area contributed by atoms with Crippen LogP contribution in [-0.2, 0) is 4.79 Å². The van der Waals surface area contributed by atoms with Crippen molar-refractivity contribution in [3.05, 3.63) is 41.8 Å². The van der Waals surface area contributed by atoms with Crippen LogP contribution in [0.4, 0.5) is 4.39 Å². The van der Waals surface area contributed by atoms with Crippen molar-refractivity contribution in [3.63, 3.8) is 0 Å². The van der Waals surface area contributed by atoms with Crippen LogP contribution in [0.5, 0.6) is 0 Å². The van der Waals surface area contributed by atoms with Crippen molar-refractivity contribution in [1.82, 2.24) is 20.7 Å². The quantitative estimate of drug-likeness (QED) is 0.743. The van der Waals surface area contributed by atoms with Gasteiger partial charge in [-0.25, -0.2) is 9.38 Å².